The molecule has 0 saturated heterocycles. The van der Waals surface area contributed by atoms with Crippen molar-refractivity contribution in [3.05, 3.63) is 101 Å². The van der Waals surface area contributed by atoms with Crippen molar-refractivity contribution in [3.63, 3.8) is 0 Å². The first-order valence-corrected chi connectivity index (χ1v) is 10.8. The molecule has 2 N–H and O–H groups in total. The highest BCUT2D eigenvalue weighted by atomic mass is 16.5. The highest BCUT2D eigenvalue weighted by Crippen LogP contribution is 2.23. The van der Waals surface area contributed by atoms with E-state index in [2.05, 4.69) is 15.7 Å². The minimum Gasteiger partial charge on any atom is -0.488 e. The number of carbonyl (C=O) groups is 2. The van der Waals surface area contributed by atoms with E-state index >= 15 is 0 Å². The topological polar surface area (TPSA) is 98.4 Å². The molecule has 0 aliphatic carbocycles. The fraction of sp³-hybridized carbons (Fsp3) is 0.192. The van der Waals surface area contributed by atoms with Crippen molar-refractivity contribution >= 4 is 17.5 Å². The first-order valence-electron chi connectivity index (χ1n) is 10.8. The first-order chi connectivity index (χ1) is 16.4. The van der Waals surface area contributed by atoms with Crippen molar-refractivity contribution in [3.8, 4) is 5.75 Å². The fourth-order valence-corrected chi connectivity index (χ4v) is 3.54. The summed E-state index contributed by atoms with van der Waals surface area (Å²) in [6.07, 6.45) is 3.13. The molecule has 4 rings (SSSR count). The Balaban J connectivity index is 1.38. The second kappa shape index (κ2) is 10.1. The summed E-state index contributed by atoms with van der Waals surface area (Å²) in [6, 6.07) is 16.7. The molecular weight excluding hydrogens is 432 g/mol. The SMILES string of the molecule is Cc1cccc(C)c1OCc1ccc(C(=O)Nc2cn(C)nc2C(=O)NCc2ccco2)cc1. The zero-order valence-corrected chi connectivity index (χ0v) is 19.3. The summed E-state index contributed by atoms with van der Waals surface area (Å²) in [5.41, 5.74) is 4.01. The number of para-hydroxylation sites is 1. The van der Waals surface area contributed by atoms with Crippen LogP contribution >= 0.6 is 0 Å². The van der Waals surface area contributed by atoms with Gasteiger partial charge in [-0.25, -0.2) is 0 Å². The average molecular weight is 459 g/mol. The predicted octanol–water partition coefficient (Wildman–Crippen LogP) is 4.39. The predicted molar refractivity (Wildman–Crippen MR) is 128 cm³/mol. The number of furan rings is 1. The summed E-state index contributed by atoms with van der Waals surface area (Å²) in [5, 5.41) is 9.69. The molecule has 2 aromatic heterocycles. The van der Waals surface area contributed by atoms with Crippen LogP contribution in [0.4, 0.5) is 5.69 Å². The Bertz CT molecular complexity index is 1270. The van der Waals surface area contributed by atoms with Gasteiger partial charge in [-0.05, 0) is 54.8 Å². The van der Waals surface area contributed by atoms with Crippen molar-refractivity contribution in [1.29, 1.82) is 0 Å². The van der Waals surface area contributed by atoms with Gasteiger partial charge in [0.25, 0.3) is 11.8 Å². The van der Waals surface area contributed by atoms with Gasteiger partial charge in [0.05, 0.1) is 18.5 Å². The van der Waals surface area contributed by atoms with Crippen LogP contribution in [0.1, 0.15) is 43.3 Å². The fourth-order valence-electron chi connectivity index (χ4n) is 3.54. The van der Waals surface area contributed by atoms with E-state index in [1.165, 1.54) is 10.9 Å². The number of aromatic nitrogens is 2. The Hall–Kier alpha value is -4.33. The van der Waals surface area contributed by atoms with Gasteiger partial charge in [0.15, 0.2) is 5.69 Å². The largest absolute Gasteiger partial charge is 0.488 e. The van der Waals surface area contributed by atoms with E-state index in [1.807, 2.05) is 44.2 Å². The van der Waals surface area contributed by atoms with Crippen LogP contribution in [-0.2, 0) is 20.2 Å². The molecule has 2 aromatic carbocycles. The molecule has 0 unspecified atom stereocenters. The van der Waals surface area contributed by atoms with Crippen LogP contribution in [-0.4, -0.2) is 21.6 Å². The summed E-state index contributed by atoms with van der Waals surface area (Å²) in [7, 11) is 1.68. The summed E-state index contributed by atoms with van der Waals surface area (Å²) < 4.78 is 12.7. The molecule has 0 aliphatic heterocycles. The third kappa shape index (κ3) is 5.35. The smallest absolute Gasteiger partial charge is 0.274 e. The number of amides is 2. The maximum atomic E-state index is 12.8. The Morgan fingerprint density at radius 3 is 2.41 bits per heavy atom. The lowest BCUT2D eigenvalue weighted by Crippen LogP contribution is -2.25. The number of hydrogen-bond donors (Lipinski definition) is 2. The second-order valence-corrected chi connectivity index (χ2v) is 7.99. The molecule has 0 aliphatic rings. The van der Waals surface area contributed by atoms with Gasteiger partial charge >= 0.3 is 0 Å². The van der Waals surface area contributed by atoms with Gasteiger partial charge in [0.2, 0.25) is 0 Å². The number of aryl methyl sites for hydroxylation is 3. The average Bonchev–Trinajstić information content (AvgIpc) is 3.47. The third-order valence-electron chi connectivity index (χ3n) is 5.30. The lowest BCUT2D eigenvalue weighted by atomic mass is 10.1. The lowest BCUT2D eigenvalue weighted by Gasteiger charge is -2.12. The van der Waals surface area contributed by atoms with E-state index in [1.54, 1.807) is 37.5 Å². The van der Waals surface area contributed by atoms with Gasteiger partial charge in [-0.2, -0.15) is 5.10 Å². The van der Waals surface area contributed by atoms with Crippen molar-refractivity contribution < 1.29 is 18.7 Å². The molecule has 0 bridgehead atoms. The molecule has 8 nitrogen and oxygen atoms in total. The van der Waals surface area contributed by atoms with Crippen molar-refractivity contribution in [2.75, 3.05) is 5.32 Å². The number of nitrogens with zero attached hydrogens (tertiary/aromatic N) is 2. The Morgan fingerprint density at radius 1 is 1.00 bits per heavy atom. The second-order valence-electron chi connectivity index (χ2n) is 7.99. The molecule has 34 heavy (non-hydrogen) atoms. The van der Waals surface area contributed by atoms with Crippen LogP contribution in [0.15, 0.2) is 71.5 Å². The van der Waals surface area contributed by atoms with Crippen molar-refractivity contribution in [2.24, 2.45) is 7.05 Å². The number of hydrogen-bond acceptors (Lipinski definition) is 5. The highest BCUT2D eigenvalue weighted by Gasteiger charge is 2.19. The van der Waals surface area contributed by atoms with E-state index < -0.39 is 5.91 Å². The number of anilines is 1. The molecule has 0 fully saturated rings. The molecule has 0 radical (unpaired) electrons. The van der Waals surface area contributed by atoms with Crippen LogP contribution < -0.4 is 15.4 Å². The summed E-state index contributed by atoms with van der Waals surface area (Å²) in [5.74, 6) is 0.747. The standard InChI is InChI=1S/C26H26N4O4/c1-17-6-4-7-18(2)24(17)34-16-19-9-11-20(12-10-19)25(31)28-22-15-30(3)29-23(22)26(32)27-14-21-8-5-13-33-21/h4-13,15H,14,16H2,1-3H3,(H,27,32)(H,28,31). The molecule has 0 atom stereocenters. The zero-order valence-electron chi connectivity index (χ0n) is 19.3. The quantitative estimate of drug-likeness (QED) is 0.408. The van der Waals surface area contributed by atoms with Crippen LogP contribution in [0.5, 0.6) is 5.75 Å². The van der Waals surface area contributed by atoms with Gasteiger partial charge < -0.3 is 19.8 Å². The Morgan fingerprint density at radius 2 is 1.74 bits per heavy atom. The van der Waals surface area contributed by atoms with Crippen LogP contribution in [0.3, 0.4) is 0 Å². The van der Waals surface area contributed by atoms with Gasteiger partial charge in [0, 0.05) is 18.8 Å². The molecular formula is C26H26N4O4. The van der Waals surface area contributed by atoms with Crippen molar-refractivity contribution in [1.82, 2.24) is 15.1 Å². The van der Waals surface area contributed by atoms with Crippen molar-refractivity contribution in [2.45, 2.75) is 27.0 Å². The number of benzene rings is 2. The minimum absolute atomic E-state index is 0.126. The van der Waals surface area contributed by atoms with Gasteiger partial charge in [0.1, 0.15) is 18.1 Å². The molecule has 8 heteroatoms. The minimum atomic E-state index is -0.411. The van der Waals surface area contributed by atoms with E-state index in [4.69, 9.17) is 9.15 Å². The number of rotatable bonds is 8. The van der Waals surface area contributed by atoms with E-state index in [-0.39, 0.29) is 18.1 Å². The molecule has 0 spiro atoms. The Labute approximate surface area is 197 Å². The number of nitrogens with one attached hydrogen (secondary N) is 2. The summed E-state index contributed by atoms with van der Waals surface area (Å²) >= 11 is 0. The third-order valence-corrected chi connectivity index (χ3v) is 5.30. The number of ether oxygens (including phenoxy) is 1. The van der Waals surface area contributed by atoms with E-state index in [0.29, 0.717) is 23.6 Å². The maximum absolute atomic E-state index is 12.8. The summed E-state index contributed by atoms with van der Waals surface area (Å²) in [4.78, 5) is 25.4. The Kier molecular flexibility index (Phi) is 6.77. The van der Waals surface area contributed by atoms with Crippen LogP contribution in [0, 0.1) is 13.8 Å². The summed E-state index contributed by atoms with van der Waals surface area (Å²) in [6.45, 7) is 4.65. The molecule has 2 heterocycles. The molecule has 2 amide bonds. The maximum Gasteiger partial charge on any atom is 0.274 e. The number of carbonyl (C=O) groups excluding carboxylic acids is 2. The molecule has 4 aromatic rings. The van der Waals surface area contributed by atoms with Crippen LogP contribution in [0.25, 0.3) is 0 Å². The van der Waals surface area contributed by atoms with E-state index in [9.17, 15) is 9.59 Å². The van der Waals surface area contributed by atoms with Gasteiger partial charge in [-0.15, -0.1) is 0 Å². The van der Waals surface area contributed by atoms with Gasteiger partial charge in [-0.3, -0.25) is 14.3 Å². The lowest BCUT2D eigenvalue weighted by molar-refractivity contribution is 0.0943. The normalized spacial score (nSPS) is 10.7. The monoisotopic (exact) mass is 458 g/mol. The van der Waals surface area contributed by atoms with Gasteiger partial charge in [-0.1, -0.05) is 30.3 Å². The highest BCUT2D eigenvalue weighted by molar-refractivity contribution is 6.08. The molecule has 174 valence electrons. The first kappa shape index (κ1) is 22.8. The van der Waals surface area contributed by atoms with E-state index in [0.717, 1.165) is 22.4 Å². The van der Waals surface area contributed by atoms with Crippen LogP contribution in [0.2, 0.25) is 0 Å². The zero-order chi connectivity index (χ0) is 24.1. The molecule has 0 saturated carbocycles.